The number of amides is 1. The second-order valence-corrected chi connectivity index (χ2v) is 9.05. The molecule has 0 bridgehead atoms. The van der Waals surface area contributed by atoms with Crippen LogP contribution in [0.3, 0.4) is 0 Å². The van der Waals surface area contributed by atoms with Gasteiger partial charge in [0.1, 0.15) is 0 Å². The molecule has 7 heteroatoms. The van der Waals surface area contributed by atoms with E-state index in [-0.39, 0.29) is 5.91 Å². The van der Waals surface area contributed by atoms with Crippen LogP contribution in [0.25, 0.3) is 11.4 Å². The lowest BCUT2D eigenvalue weighted by atomic mass is 10.1. The molecule has 0 aliphatic rings. The molecule has 3 rings (SSSR count). The molecule has 0 saturated heterocycles. The van der Waals surface area contributed by atoms with E-state index in [2.05, 4.69) is 45.4 Å². The van der Waals surface area contributed by atoms with Crippen molar-refractivity contribution in [2.24, 2.45) is 0 Å². The van der Waals surface area contributed by atoms with Crippen LogP contribution in [-0.4, -0.2) is 26.4 Å². The standard InChI is InChI=1S/C22H28N4OS2/c1-5-8-18-12-17(13-28-18)21-24-25-22(26(21)11-6-2)29-14-19(27)23-20-15(3)9-7-10-16(20)4/h7,9-10,12-13H,5-6,8,11,14H2,1-4H3,(H,23,27). The molecule has 0 aliphatic carbocycles. The molecule has 0 atom stereocenters. The number of hydrogen-bond donors (Lipinski definition) is 1. The molecule has 154 valence electrons. The first-order valence-corrected chi connectivity index (χ1v) is 11.9. The van der Waals surface area contributed by atoms with Gasteiger partial charge in [-0.15, -0.1) is 21.5 Å². The number of aromatic nitrogens is 3. The van der Waals surface area contributed by atoms with E-state index in [1.54, 1.807) is 11.3 Å². The molecule has 0 saturated carbocycles. The maximum atomic E-state index is 12.5. The van der Waals surface area contributed by atoms with Gasteiger partial charge in [-0.2, -0.15) is 0 Å². The molecule has 0 radical (unpaired) electrons. The SMILES string of the molecule is CCCc1cc(-c2nnc(SCC(=O)Nc3c(C)cccc3C)n2CCC)cs1. The zero-order valence-electron chi connectivity index (χ0n) is 17.5. The summed E-state index contributed by atoms with van der Waals surface area (Å²) in [4.78, 5) is 13.9. The van der Waals surface area contributed by atoms with Gasteiger partial charge < -0.3 is 9.88 Å². The van der Waals surface area contributed by atoms with E-state index in [1.165, 1.54) is 16.6 Å². The summed E-state index contributed by atoms with van der Waals surface area (Å²) in [5.74, 6) is 1.17. The number of nitrogens with zero attached hydrogens (tertiary/aromatic N) is 3. The molecule has 0 aliphatic heterocycles. The molecule has 0 unspecified atom stereocenters. The van der Waals surface area contributed by atoms with Crippen molar-refractivity contribution in [3.8, 4) is 11.4 Å². The molecule has 1 amide bonds. The predicted molar refractivity (Wildman–Crippen MR) is 123 cm³/mol. The van der Waals surface area contributed by atoms with E-state index in [0.717, 1.165) is 59.2 Å². The molecule has 29 heavy (non-hydrogen) atoms. The number of benzene rings is 1. The molecule has 2 aromatic heterocycles. The summed E-state index contributed by atoms with van der Waals surface area (Å²) in [6.45, 7) is 9.18. The van der Waals surface area contributed by atoms with Crippen molar-refractivity contribution in [2.75, 3.05) is 11.1 Å². The average molecular weight is 429 g/mol. The van der Waals surface area contributed by atoms with Gasteiger partial charge in [0.2, 0.25) is 5.91 Å². The van der Waals surface area contributed by atoms with Gasteiger partial charge in [0.25, 0.3) is 0 Å². The number of aryl methyl sites for hydroxylation is 3. The van der Waals surface area contributed by atoms with Gasteiger partial charge in [0.15, 0.2) is 11.0 Å². The largest absolute Gasteiger partial charge is 0.325 e. The third-order valence-corrected chi connectivity index (χ3v) is 6.61. The number of para-hydroxylation sites is 1. The Morgan fingerprint density at radius 1 is 1.17 bits per heavy atom. The lowest BCUT2D eigenvalue weighted by Gasteiger charge is -2.11. The second kappa shape index (κ2) is 10.1. The number of carbonyl (C=O) groups excluding carboxylic acids is 1. The summed E-state index contributed by atoms with van der Waals surface area (Å²) in [6.07, 6.45) is 3.21. The minimum absolute atomic E-state index is 0.0271. The van der Waals surface area contributed by atoms with Crippen LogP contribution >= 0.6 is 23.1 Å². The second-order valence-electron chi connectivity index (χ2n) is 7.11. The Labute approximate surface area is 180 Å². The van der Waals surface area contributed by atoms with Gasteiger partial charge in [0.05, 0.1) is 5.75 Å². The van der Waals surface area contributed by atoms with Crippen molar-refractivity contribution in [2.45, 2.75) is 58.7 Å². The fourth-order valence-corrected chi connectivity index (χ4v) is 4.96. The highest BCUT2D eigenvalue weighted by atomic mass is 32.2. The molecule has 5 nitrogen and oxygen atoms in total. The van der Waals surface area contributed by atoms with Crippen LogP contribution < -0.4 is 5.32 Å². The molecular weight excluding hydrogens is 400 g/mol. The van der Waals surface area contributed by atoms with E-state index in [1.807, 2.05) is 32.0 Å². The van der Waals surface area contributed by atoms with E-state index in [0.29, 0.717) is 5.75 Å². The van der Waals surface area contributed by atoms with Gasteiger partial charge >= 0.3 is 0 Å². The summed E-state index contributed by atoms with van der Waals surface area (Å²) in [5, 5.41) is 14.8. The number of thioether (sulfide) groups is 1. The smallest absolute Gasteiger partial charge is 0.234 e. The van der Waals surface area contributed by atoms with E-state index in [9.17, 15) is 4.79 Å². The Hall–Kier alpha value is -2.12. The lowest BCUT2D eigenvalue weighted by molar-refractivity contribution is -0.113. The predicted octanol–water partition coefficient (Wildman–Crippen LogP) is 5.72. The van der Waals surface area contributed by atoms with Gasteiger partial charge in [-0.1, -0.05) is 50.2 Å². The topological polar surface area (TPSA) is 59.8 Å². The summed E-state index contributed by atoms with van der Waals surface area (Å²) in [6, 6.07) is 8.23. The van der Waals surface area contributed by atoms with Crippen molar-refractivity contribution in [3.63, 3.8) is 0 Å². The Kier molecular flexibility index (Phi) is 7.50. The fraction of sp³-hybridized carbons (Fsp3) is 0.409. The van der Waals surface area contributed by atoms with E-state index in [4.69, 9.17) is 0 Å². The van der Waals surface area contributed by atoms with Crippen LogP contribution in [0.5, 0.6) is 0 Å². The maximum Gasteiger partial charge on any atom is 0.234 e. The number of thiophene rings is 1. The number of hydrogen-bond acceptors (Lipinski definition) is 5. The Morgan fingerprint density at radius 3 is 2.62 bits per heavy atom. The lowest BCUT2D eigenvalue weighted by Crippen LogP contribution is -2.16. The highest BCUT2D eigenvalue weighted by molar-refractivity contribution is 7.99. The minimum Gasteiger partial charge on any atom is -0.325 e. The third kappa shape index (κ3) is 5.28. The van der Waals surface area contributed by atoms with Crippen molar-refractivity contribution in [1.82, 2.24) is 14.8 Å². The van der Waals surface area contributed by atoms with Gasteiger partial charge in [-0.05, 0) is 43.9 Å². The minimum atomic E-state index is -0.0271. The average Bonchev–Trinajstić information content (AvgIpc) is 3.31. The van der Waals surface area contributed by atoms with Crippen molar-refractivity contribution >= 4 is 34.7 Å². The quantitative estimate of drug-likeness (QED) is 0.443. The molecule has 3 aromatic rings. The van der Waals surface area contributed by atoms with Crippen LogP contribution in [0.4, 0.5) is 5.69 Å². The summed E-state index contributed by atoms with van der Waals surface area (Å²) in [5.41, 5.74) is 4.15. The van der Waals surface area contributed by atoms with Crippen molar-refractivity contribution in [1.29, 1.82) is 0 Å². The maximum absolute atomic E-state index is 12.5. The highest BCUT2D eigenvalue weighted by Crippen LogP contribution is 2.29. The molecule has 1 N–H and O–H groups in total. The molecule has 1 aromatic carbocycles. The number of carbonyl (C=O) groups is 1. The Bertz CT molecular complexity index is 957. The van der Waals surface area contributed by atoms with Crippen LogP contribution in [0.1, 0.15) is 42.7 Å². The summed E-state index contributed by atoms with van der Waals surface area (Å²) < 4.78 is 2.13. The first kappa shape index (κ1) is 21.6. The zero-order chi connectivity index (χ0) is 20.8. The molecule has 0 spiro atoms. The highest BCUT2D eigenvalue weighted by Gasteiger charge is 2.17. The summed E-state index contributed by atoms with van der Waals surface area (Å²) >= 11 is 3.21. The van der Waals surface area contributed by atoms with Crippen LogP contribution in [-0.2, 0) is 17.8 Å². The zero-order valence-corrected chi connectivity index (χ0v) is 19.1. The van der Waals surface area contributed by atoms with Crippen LogP contribution in [0.15, 0.2) is 34.8 Å². The monoisotopic (exact) mass is 428 g/mol. The van der Waals surface area contributed by atoms with E-state index < -0.39 is 0 Å². The van der Waals surface area contributed by atoms with Crippen molar-refractivity contribution < 1.29 is 4.79 Å². The first-order chi connectivity index (χ1) is 14.0. The van der Waals surface area contributed by atoms with Crippen LogP contribution in [0.2, 0.25) is 0 Å². The first-order valence-electron chi connectivity index (χ1n) is 10.0. The number of rotatable bonds is 9. The third-order valence-electron chi connectivity index (χ3n) is 4.65. The Balaban J connectivity index is 1.72. The molecular formula is C22H28N4OS2. The van der Waals surface area contributed by atoms with Gasteiger partial charge in [0, 0.05) is 28.1 Å². The fourth-order valence-electron chi connectivity index (χ4n) is 3.23. The molecule has 2 heterocycles. The number of nitrogens with one attached hydrogen (secondary N) is 1. The van der Waals surface area contributed by atoms with Crippen molar-refractivity contribution in [3.05, 3.63) is 45.6 Å². The Morgan fingerprint density at radius 2 is 1.93 bits per heavy atom. The summed E-state index contributed by atoms with van der Waals surface area (Å²) in [7, 11) is 0. The van der Waals surface area contributed by atoms with Gasteiger partial charge in [-0.3, -0.25) is 4.79 Å². The van der Waals surface area contributed by atoms with Gasteiger partial charge in [-0.25, -0.2) is 0 Å². The van der Waals surface area contributed by atoms with E-state index >= 15 is 0 Å². The number of anilines is 1. The normalized spacial score (nSPS) is 11.0. The molecule has 0 fully saturated rings. The van der Waals surface area contributed by atoms with Crippen LogP contribution in [0, 0.1) is 13.8 Å².